The first-order valence-corrected chi connectivity index (χ1v) is 6.56. The summed E-state index contributed by atoms with van der Waals surface area (Å²) in [7, 11) is 0. The molecular formula is C14H13F3N2O2. The molecule has 1 saturated heterocycles. The topological polar surface area (TPSA) is 47.3 Å². The Labute approximate surface area is 118 Å². The van der Waals surface area contributed by atoms with Gasteiger partial charge in [-0.3, -0.25) is 0 Å². The lowest BCUT2D eigenvalue weighted by molar-refractivity contribution is 0.103. The van der Waals surface area contributed by atoms with Crippen LogP contribution in [0.3, 0.4) is 0 Å². The van der Waals surface area contributed by atoms with E-state index in [1.807, 2.05) is 0 Å². The van der Waals surface area contributed by atoms with Crippen LogP contribution in [0.4, 0.5) is 13.2 Å². The van der Waals surface area contributed by atoms with Crippen LogP contribution in [0.2, 0.25) is 0 Å². The fraction of sp³-hybridized carbons (Fsp3) is 0.357. The molecule has 3 rings (SSSR count). The zero-order valence-corrected chi connectivity index (χ0v) is 11.0. The Bertz CT molecular complexity index is 590. The van der Waals surface area contributed by atoms with Gasteiger partial charge in [-0.15, -0.1) is 0 Å². The van der Waals surface area contributed by atoms with Gasteiger partial charge < -0.3 is 14.5 Å². The second-order valence-corrected chi connectivity index (χ2v) is 4.86. The molecule has 0 radical (unpaired) electrons. The van der Waals surface area contributed by atoms with E-state index in [9.17, 15) is 13.2 Å². The van der Waals surface area contributed by atoms with Crippen LogP contribution < -0.4 is 10.1 Å². The van der Waals surface area contributed by atoms with E-state index in [4.69, 9.17) is 9.15 Å². The largest absolute Gasteiger partial charge is 0.474 e. The van der Waals surface area contributed by atoms with E-state index >= 15 is 0 Å². The van der Waals surface area contributed by atoms with Gasteiger partial charge in [-0.1, -0.05) is 0 Å². The molecule has 1 aliphatic heterocycles. The summed E-state index contributed by atoms with van der Waals surface area (Å²) in [5, 5.41) is 3.14. The predicted octanol–water partition coefficient (Wildman–Crippen LogP) is 2.82. The third kappa shape index (κ3) is 2.87. The molecule has 1 aliphatic rings. The molecule has 1 aromatic heterocycles. The first-order chi connectivity index (χ1) is 10.1. The summed E-state index contributed by atoms with van der Waals surface area (Å²) in [4.78, 5) is 4.00. The molecular weight excluding hydrogens is 285 g/mol. The van der Waals surface area contributed by atoms with Crippen molar-refractivity contribution in [1.29, 1.82) is 0 Å². The van der Waals surface area contributed by atoms with Crippen LogP contribution in [0.25, 0.3) is 0 Å². The minimum absolute atomic E-state index is 0.0347. The fourth-order valence-corrected chi connectivity index (χ4v) is 2.43. The summed E-state index contributed by atoms with van der Waals surface area (Å²) in [6, 6.07) is 1.16. The second-order valence-electron chi connectivity index (χ2n) is 4.86. The van der Waals surface area contributed by atoms with Crippen molar-refractivity contribution in [2.75, 3.05) is 13.1 Å². The summed E-state index contributed by atoms with van der Waals surface area (Å²) in [6.45, 7) is 1.40. The quantitative estimate of drug-likeness (QED) is 0.943. The lowest BCUT2D eigenvalue weighted by Crippen LogP contribution is -2.22. The van der Waals surface area contributed by atoms with E-state index in [1.54, 1.807) is 0 Å². The maximum Gasteiger partial charge on any atom is 0.235 e. The lowest BCUT2D eigenvalue weighted by atomic mass is 10.0. The van der Waals surface area contributed by atoms with Gasteiger partial charge in [0.1, 0.15) is 12.1 Å². The van der Waals surface area contributed by atoms with Crippen LogP contribution in [0.5, 0.6) is 5.75 Å². The molecule has 2 heterocycles. The van der Waals surface area contributed by atoms with Crippen molar-refractivity contribution in [3.8, 4) is 5.75 Å². The maximum absolute atomic E-state index is 13.7. The van der Waals surface area contributed by atoms with Crippen LogP contribution >= 0.6 is 0 Å². The van der Waals surface area contributed by atoms with Gasteiger partial charge in [-0.2, -0.15) is 0 Å². The zero-order chi connectivity index (χ0) is 14.8. The normalized spacial score (nSPS) is 19.7. The highest BCUT2D eigenvalue weighted by Gasteiger charge is 2.33. The number of oxazole rings is 1. The average molecular weight is 298 g/mol. The monoisotopic (exact) mass is 298 g/mol. The van der Waals surface area contributed by atoms with Crippen LogP contribution in [0.15, 0.2) is 29.0 Å². The average Bonchev–Trinajstić information content (AvgIpc) is 3.11. The fourth-order valence-electron chi connectivity index (χ4n) is 2.43. The Morgan fingerprint density at radius 3 is 2.62 bits per heavy atom. The number of nitrogens with one attached hydrogen (secondary N) is 1. The molecule has 7 heteroatoms. The Hall–Kier alpha value is -2.02. The standard InChI is InChI=1S/C14H13F3N2O2/c15-9-5-10(16)13(11(17)6-9)21-12(8-1-2-18-7-8)14-19-3-4-20-14/h3-6,8,12,18H,1-2,7H2/t8-,12+/m0/s1. The lowest BCUT2D eigenvalue weighted by Gasteiger charge is -2.22. The first-order valence-electron chi connectivity index (χ1n) is 6.56. The number of ether oxygens (including phenoxy) is 1. The van der Waals surface area contributed by atoms with E-state index in [1.165, 1.54) is 12.5 Å². The van der Waals surface area contributed by atoms with Crippen LogP contribution in [-0.4, -0.2) is 18.1 Å². The molecule has 1 fully saturated rings. The molecule has 4 nitrogen and oxygen atoms in total. The number of hydrogen-bond acceptors (Lipinski definition) is 4. The van der Waals surface area contributed by atoms with Crippen LogP contribution in [0.1, 0.15) is 18.4 Å². The number of halogens is 3. The van der Waals surface area contributed by atoms with Crippen LogP contribution in [0, 0.1) is 23.4 Å². The number of aromatic nitrogens is 1. The van der Waals surface area contributed by atoms with Crippen molar-refractivity contribution in [2.24, 2.45) is 5.92 Å². The maximum atomic E-state index is 13.7. The van der Waals surface area contributed by atoms with Gasteiger partial charge in [0.15, 0.2) is 23.5 Å². The highest BCUT2D eigenvalue weighted by molar-refractivity contribution is 5.27. The van der Waals surface area contributed by atoms with Gasteiger partial charge in [0.05, 0.1) is 6.20 Å². The Balaban J connectivity index is 1.91. The third-order valence-electron chi connectivity index (χ3n) is 3.43. The Morgan fingerprint density at radius 2 is 2.05 bits per heavy atom. The molecule has 0 saturated carbocycles. The molecule has 1 aromatic carbocycles. The van der Waals surface area contributed by atoms with Crippen LogP contribution in [-0.2, 0) is 0 Å². The number of rotatable bonds is 4. The van der Waals surface area contributed by atoms with Gasteiger partial charge in [-0.05, 0) is 13.0 Å². The highest BCUT2D eigenvalue weighted by Crippen LogP contribution is 2.34. The number of benzene rings is 1. The molecule has 0 unspecified atom stereocenters. The van der Waals surface area contributed by atoms with E-state index in [0.717, 1.165) is 13.0 Å². The molecule has 0 aliphatic carbocycles. The van der Waals surface area contributed by atoms with Gasteiger partial charge >= 0.3 is 0 Å². The van der Waals surface area contributed by atoms with E-state index in [-0.39, 0.29) is 11.8 Å². The molecule has 2 atom stereocenters. The van der Waals surface area contributed by atoms with Gasteiger partial charge in [0.2, 0.25) is 5.89 Å². The van der Waals surface area contributed by atoms with Crippen molar-refractivity contribution in [3.05, 3.63) is 47.9 Å². The SMILES string of the molecule is Fc1cc(F)c(O[C@@H](c2ncco2)[C@H]2CCNC2)c(F)c1. The van der Waals surface area contributed by atoms with Crippen molar-refractivity contribution in [3.63, 3.8) is 0 Å². The molecule has 21 heavy (non-hydrogen) atoms. The van der Waals surface area contributed by atoms with Gasteiger partial charge in [0.25, 0.3) is 0 Å². The van der Waals surface area contributed by atoms with E-state index < -0.39 is 29.3 Å². The van der Waals surface area contributed by atoms with E-state index in [2.05, 4.69) is 10.3 Å². The first kappa shape index (κ1) is 13.9. The van der Waals surface area contributed by atoms with E-state index in [0.29, 0.717) is 18.7 Å². The van der Waals surface area contributed by atoms with Gasteiger partial charge in [0, 0.05) is 24.6 Å². The predicted molar refractivity (Wildman–Crippen MR) is 67.2 cm³/mol. The summed E-state index contributed by atoms with van der Waals surface area (Å²) in [5.41, 5.74) is 0. The van der Waals surface area contributed by atoms with Gasteiger partial charge in [-0.25, -0.2) is 18.2 Å². The molecule has 112 valence electrons. The minimum Gasteiger partial charge on any atom is -0.474 e. The Kier molecular flexibility index (Phi) is 3.83. The zero-order valence-electron chi connectivity index (χ0n) is 11.0. The number of nitrogens with zero attached hydrogens (tertiary/aromatic N) is 1. The second kappa shape index (κ2) is 5.77. The van der Waals surface area contributed by atoms with Crippen molar-refractivity contribution in [1.82, 2.24) is 10.3 Å². The third-order valence-corrected chi connectivity index (χ3v) is 3.43. The summed E-state index contributed by atoms with van der Waals surface area (Å²) in [6.07, 6.45) is 2.83. The smallest absolute Gasteiger partial charge is 0.235 e. The molecule has 1 N–H and O–H groups in total. The summed E-state index contributed by atoms with van der Waals surface area (Å²) in [5.74, 6) is -3.58. The number of hydrogen-bond donors (Lipinski definition) is 1. The van der Waals surface area contributed by atoms with Crippen molar-refractivity contribution in [2.45, 2.75) is 12.5 Å². The highest BCUT2D eigenvalue weighted by atomic mass is 19.1. The van der Waals surface area contributed by atoms with Crippen molar-refractivity contribution < 1.29 is 22.3 Å². The summed E-state index contributed by atoms with van der Waals surface area (Å²) < 4.78 is 51.0. The summed E-state index contributed by atoms with van der Waals surface area (Å²) >= 11 is 0. The molecule has 0 bridgehead atoms. The van der Waals surface area contributed by atoms with Crippen molar-refractivity contribution >= 4 is 0 Å². The molecule has 2 aromatic rings. The molecule has 0 spiro atoms. The Morgan fingerprint density at radius 1 is 1.29 bits per heavy atom. The minimum atomic E-state index is -1.09. The molecule has 0 amide bonds.